The first-order valence-electron chi connectivity index (χ1n) is 14.6. The number of aliphatic hydroxyl groups is 1. The van der Waals surface area contributed by atoms with E-state index in [1.54, 1.807) is 60.0 Å². The van der Waals surface area contributed by atoms with Gasteiger partial charge in [0.15, 0.2) is 21.6 Å². The molecule has 1 saturated heterocycles. The van der Waals surface area contributed by atoms with Crippen LogP contribution in [-0.4, -0.2) is 50.1 Å². The molecule has 6 rings (SSSR count). The van der Waals surface area contributed by atoms with E-state index >= 15 is 0 Å². The summed E-state index contributed by atoms with van der Waals surface area (Å²) in [7, 11) is 1.51. The van der Waals surface area contributed by atoms with E-state index in [1.165, 1.54) is 35.9 Å². The fourth-order valence-electron chi connectivity index (χ4n) is 5.26. The molecule has 13 heteroatoms. The zero-order valence-electron chi connectivity index (χ0n) is 25.3. The first-order chi connectivity index (χ1) is 22.3. The van der Waals surface area contributed by atoms with E-state index in [2.05, 4.69) is 22.1 Å². The molecule has 0 saturated carbocycles. The zero-order chi connectivity index (χ0) is 32.4. The van der Waals surface area contributed by atoms with Crippen LogP contribution in [0.2, 0.25) is 0 Å². The highest BCUT2D eigenvalue weighted by Crippen LogP contribution is 2.46. The van der Waals surface area contributed by atoms with Crippen molar-refractivity contribution in [2.45, 2.75) is 42.8 Å². The van der Waals surface area contributed by atoms with Crippen molar-refractivity contribution < 1.29 is 28.6 Å². The van der Waals surface area contributed by atoms with Gasteiger partial charge in [-0.15, -0.1) is 10.2 Å². The number of amides is 1. The van der Waals surface area contributed by atoms with Gasteiger partial charge in [-0.2, -0.15) is 0 Å². The molecule has 1 unspecified atom stereocenters. The topological polar surface area (TPSA) is 119 Å². The van der Waals surface area contributed by atoms with Crippen LogP contribution in [0.5, 0.6) is 11.5 Å². The van der Waals surface area contributed by atoms with Crippen LogP contribution in [0.3, 0.4) is 0 Å². The molecule has 0 bridgehead atoms. The molecule has 46 heavy (non-hydrogen) atoms. The van der Waals surface area contributed by atoms with E-state index in [-0.39, 0.29) is 22.3 Å². The van der Waals surface area contributed by atoms with Crippen LogP contribution >= 0.6 is 23.1 Å². The molecule has 0 aliphatic carbocycles. The molecule has 1 atom stereocenters. The molecule has 0 spiro atoms. The smallest absolute Gasteiger partial charge is 0.301 e. The van der Waals surface area contributed by atoms with Crippen molar-refractivity contribution in [3.8, 4) is 11.5 Å². The molecule has 236 valence electrons. The normalized spacial score (nSPS) is 16.0. The largest absolute Gasteiger partial charge is 0.505 e. The highest BCUT2D eigenvalue weighted by Gasteiger charge is 2.49. The van der Waals surface area contributed by atoms with Crippen molar-refractivity contribution in [3.63, 3.8) is 0 Å². The van der Waals surface area contributed by atoms with Gasteiger partial charge in [-0.25, -0.2) is 9.37 Å². The number of rotatable bonds is 11. The molecule has 0 radical (unpaired) electrons. The summed E-state index contributed by atoms with van der Waals surface area (Å²) in [6.07, 6.45) is 3.56. The molecule has 3 aromatic heterocycles. The third-order valence-corrected chi connectivity index (χ3v) is 9.64. The van der Waals surface area contributed by atoms with Crippen LogP contribution in [0, 0.1) is 12.7 Å². The summed E-state index contributed by atoms with van der Waals surface area (Å²) >= 11 is 2.52. The number of carbonyl (C=O) groups is 2. The molecule has 1 aliphatic rings. The van der Waals surface area contributed by atoms with E-state index < -0.39 is 17.7 Å². The lowest BCUT2D eigenvalue weighted by Crippen LogP contribution is -2.29. The Hall–Kier alpha value is -4.75. The maximum Gasteiger partial charge on any atom is 0.301 e. The lowest BCUT2D eigenvalue weighted by Gasteiger charge is -2.23. The number of thioether (sulfide) groups is 1. The predicted molar refractivity (Wildman–Crippen MR) is 174 cm³/mol. The van der Waals surface area contributed by atoms with Gasteiger partial charge in [-0.05, 0) is 60.9 Å². The number of nitrogens with zero attached hydrogens (tertiary/aromatic N) is 5. The van der Waals surface area contributed by atoms with Gasteiger partial charge < -0.3 is 14.6 Å². The minimum atomic E-state index is -1.06. The number of pyridine rings is 1. The maximum absolute atomic E-state index is 13.8. The molecule has 10 nitrogen and oxygen atoms in total. The Balaban J connectivity index is 1.44. The average Bonchev–Trinajstić information content (AvgIpc) is 3.74. The molecule has 1 fully saturated rings. The first kappa shape index (κ1) is 31.2. The Kier molecular flexibility index (Phi) is 9.04. The van der Waals surface area contributed by atoms with E-state index in [9.17, 15) is 19.1 Å². The van der Waals surface area contributed by atoms with Gasteiger partial charge in [-0.1, -0.05) is 60.7 Å². The second kappa shape index (κ2) is 13.3. The van der Waals surface area contributed by atoms with E-state index in [1.807, 2.05) is 6.07 Å². The number of anilines is 1. The third-order valence-electron chi connectivity index (χ3n) is 7.51. The number of benzene rings is 2. The fraction of sp³-hybridized carbons (Fsp3) is 0.242. The Bertz CT molecular complexity index is 1960. The number of aromatic nitrogens is 4. The molecule has 5 aromatic rings. The van der Waals surface area contributed by atoms with Gasteiger partial charge in [-0.3, -0.25) is 18.9 Å². The van der Waals surface area contributed by atoms with Crippen LogP contribution in [0.1, 0.15) is 48.3 Å². The quantitative estimate of drug-likeness (QED) is 0.0411. The molecule has 1 amide bonds. The average molecular weight is 660 g/mol. The van der Waals surface area contributed by atoms with Crippen LogP contribution in [0.25, 0.3) is 11.4 Å². The van der Waals surface area contributed by atoms with Crippen molar-refractivity contribution in [1.29, 1.82) is 0 Å². The Morgan fingerprint density at radius 1 is 1.09 bits per heavy atom. The van der Waals surface area contributed by atoms with Crippen LogP contribution < -0.4 is 14.4 Å². The standard InChI is InChI=1S/C33H30FN5O5S2/c1-4-5-16-44-23-14-11-21(17-24(23)43-3)28-26(29(40)27-19(2)35-25-8-6-7-15-38(25)27)30(41)31(42)39(28)32-36-37-33(46-32)45-18-20-9-12-22(34)13-10-20/h6-15,17,28,40H,4-5,16,18H2,1-3H3/b29-26+. The van der Waals surface area contributed by atoms with E-state index in [0.717, 1.165) is 29.7 Å². The molecule has 1 N–H and O–H groups in total. The molecular weight excluding hydrogens is 630 g/mol. The number of carbonyl (C=O) groups excluding carboxylic acids is 2. The number of methoxy groups -OCH3 is 1. The first-order valence-corrected chi connectivity index (χ1v) is 16.4. The molecular formula is C33H30FN5O5S2. The predicted octanol–water partition coefficient (Wildman–Crippen LogP) is 6.74. The van der Waals surface area contributed by atoms with Crippen molar-refractivity contribution in [1.82, 2.24) is 19.6 Å². The number of ketones is 1. The SMILES string of the molecule is CCCCOc1ccc(C2/C(=C(\O)c3c(C)nc4ccccn34)C(=O)C(=O)N2c2nnc(SCc3ccc(F)cc3)s2)cc1OC. The highest BCUT2D eigenvalue weighted by molar-refractivity contribution is 8.00. The lowest BCUT2D eigenvalue weighted by atomic mass is 9.96. The number of aryl methyl sites for hydroxylation is 1. The summed E-state index contributed by atoms with van der Waals surface area (Å²) in [5, 5.41) is 20.6. The number of unbranched alkanes of at least 4 members (excludes halogenated alkanes) is 1. The number of imidazole rings is 1. The summed E-state index contributed by atoms with van der Waals surface area (Å²) in [6.45, 7) is 4.30. The number of aliphatic hydroxyl groups excluding tert-OH is 1. The number of halogens is 1. The van der Waals surface area contributed by atoms with E-state index in [0.29, 0.717) is 50.8 Å². The molecule has 4 heterocycles. The summed E-state index contributed by atoms with van der Waals surface area (Å²) < 4.78 is 27.1. The molecule has 1 aliphatic heterocycles. The summed E-state index contributed by atoms with van der Waals surface area (Å²) in [5.74, 6) is -0.972. The second-order valence-electron chi connectivity index (χ2n) is 10.5. The van der Waals surface area contributed by atoms with Gasteiger partial charge in [0.2, 0.25) is 5.13 Å². The second-order valence-corrected chi connectivity index (χ2v) is 12.7. The number of ether oxygens (including phenoxy) is 2. The van der Waals surface area contributed by atoms with Crippen LogP contribution in [-0.2, 0) is 15.3 Å². The summed E-state index contributed by atoms with van der Waals surface area (Å²) in [6, 6.07) is 15.7. The number of hydrogen-bond acceptors (Lipinski definition) is 10. The van der Waals surface area contributed by atoms with Crippen molar-refractivity contribution >= 4 is 51.3 Å². The number of Topliss-reactive ketones (excluding diaryl/α,β-unsaturated/α-hetero) is 1. The van der Waals surface area contributed by atoms with Gasteiger partial charge in [0.05, 0.1) is 31.0 Å². The number of hydrogen-bond donors (Lipinski definition) is 1. The minimum Gasteiger partial charge on any atom is -0.505 e. The van der Waals surface area contributed by atoms with Crippen molar-refractivity contribution in [2.24, 2.45) is 0 Å². The van der Waals surface area contributed by atoms with Gasteiger partial charge in [0.25, 0.3) is 5.78 Å². The van der Waals surface area contributed by atoms with Gasteiger partial charge in [0, 0.05) is 11.9 Å². The number of fused-ring (bicyclic) bond motifs is 1. The van der Waals surface area contributed by atoms with Crippen molar-refractivity contribution in [2.75, 3.05) is 18.6 Å². The fourth-order valence-corrected chi connectivity index (χ4v) is 7.08. The van der Waals surface area contributed by atoms with E-state index in [4.69, 9.17) is 9.47 Å². The Morgan fingerprint density at radius 3 is 2.65 bits per heavy atom. The monoisotopic (exact) mass is 659 g/mol. The van der Waals surface area contributed by atoms with Gasteiger partial charge in [0.1, 0.15) is 17.2 Å². The van der Waals surface area contributed by atoms with Gasteiger partial charge >= 0.3 is 5.91 Å². The Morgan fingerprint density at radius 2 is 1.89 bits per heavy atom. The van der Waals surface area contributed by atoms with Crippen LogP contribution in [0.15, 0.2) is 76.8 Å². The lowest BCUT2D eigenvalue weighted by molar-refractivity contribution is -0.132. The summed E-state index contributed by atoms with van der Waals surface area (Å²) in [5.41, 5.74) is 2.65. The Labute approximate surface area is 272 Å². The minimum absolute atomic E-state index is 0.115. The van der Waals surface area contributed by atoms with Crippen LogP contribution in [0.4, 0.5) is 9.52 Å². The maximum atomic E-state index is 13.8. The van der Waals surface area contributed by atoms with Crippen molar-refractivity contribution in [3.05, 3.63) is 101 Å². The molecule has 2 aromatic carbocycles. The highest BCUT2D eigenvalue weighted by atomic mass is 32.2. The third kappa shape index (κ3) is 5.95. The zero-order valence-corrected chi connectivity index (χ0v) is 26.9. The summed E-state index contributed by atoms with van der Waals surface area (Å²) in [4.78, 5) is 33.4.